The molecule has 3 rings (SSSR count). The number of rotatable bonds is 6. The van der Waals surface area contributed by atoms with Gasteiger partial charge in [-0.05, 0) is 31.2 Å². The molecule has 1 N–H and O–H groups in total. The highest BCUT2D eigenvalue weighted by molar-refractivity contribution is 5.92. The number of nitrogens with zero attached hydrogens (tertiary/aromatic N) is 1. The lowest BCUT2D eigenvalue weighted by atomic mass is 10.1. The molecule has 1 aromatic heterocycles. The maximum atomic E-state index is 12.1. The molecule has 0 fully saturated rings. The lowest BCUT2D eigenvalue weighted by molar-refractivity contribution is -0.115. The topological polar surface area (TPSA) is 64.4 Å². The van der Waals surface area contributed by atoms with Crippen molar-refractivity contribution >= 4 is 11.6 Å². The third-order valence-electron chi connectivity index (χ3n) is 3.41. The van der Waals surface area contributed by atoms with E-state index in [1.807, 2.05) is 49.4 Å². The molecule has 122 valence electrons. The van der Waals surface area contributed by atoms with Gasteiger partial charge in [0.1, 0.15) is 5.75 Å². The Labute approximate surface area is 140 Å². The second kappa shape index (κ2) is 7.46. The van der Waals surface area contributed by atoms with Crippen LogP contribution in [0.5, 0.6) is 5.75 Å². The Morgan fingerprint density at radius 1 is 1.12 bits per heavy atom. The Morgan fingerprint density at radius 2 is 1.88 bits per heavy atom. The van der Waals surface area contributed by atoms with Crippen LogP contribution >= 0.6 is 0 Å². The van der Waals surface area contributed by atoms with Gasteiger partial charge in [0.25, 0.3) is 0 Å². The number of aromatic nitrogens is 1. The highest BCUT2D eigenvalue weighted by atomic mass is 16.5. The second-order valence-corrected chi connectivity index (χ2v) is 5.23. The van der Waals surface area contributed by atoms with E-state index in [1.165, 1.54) is 0 Å². The molecule has 3 aromatic rings. The van der Waals surface area contributed by atoms with Crippen LogP contribution < -0.4 is 10.1 Å². The van der Waals surface area contributed by atoms with Crippen molar-refractivity contribution in [3.8, 4) is 17.1 Å². The van der Waals surface area contributed by atoms with Crippen molar-refractivity contribution in [1.82, 2.24) is 5.16 Å². The molecule has 0 atom stereocenters. The molecule has 24 heavy (non-hydrogen) atoms. The predicted molar refractivity (Wildman–Crippen MR) is 91.9 cm³/mol. The van der Waals surface area contributed by atoms with E-state index >= 15 is 0 Å². The first-order chi connectivity index (χ1) is 11.7. The average Bonchev–Trinajstić information content (AvgIpc) is 3.06. The standard InChI is InChI=1S/C19H18N2O3/c1-2-23-17-10-8-15(9-11-17)20-19(22)13-16-12-18(24-21-16)14-6-4-3-5-7-14/h3-12H,2,13H2,1H3,(H,20,22). The molecule has 5 heteroatoms. The number of hydrogen-bond acceptors (Lipinski definition) is 4. The van der Waals surface area contributed by atoms with Gasteiger partial charge in [-0.2, -0.15) is 0 Å². The van der Waals surface area contributed by atoms with Crippen LogP contribution in [-0.4, -0.2) is 17.7 Å². The fraction of sp³-hybridized carbons (Fsp3) is 0.158. The molecular formula is C19H18N2O3. The van der Waals surface area contributed by atoms with Crippen molar-refractivity contribution in [2.45, 2.75) is 13.3 Å². The quantitative estimate of drug-likeness (QED) is 0.747. The number of amides is 1. The van der Waals surface area contributed by atoms with Crippen LogP contribution in [0, 0.1) is 0 Å². The smallest absolute Gasteiger partial charge is 0.230 e. The number of carbonyl (C=O) groups is 1. The number of anilines is 1. The van der Waals surface area contributed by atoms with Crippen LogP contribution in [0.2, 0.25) is 0 Å². The molecule has 0 bridgehead atoms. The Hall–Kier alpha value is -3.08. The number of benzene rings is 2. The lowest BCUT2D eigenvalue weighted by Crippen LogP contribution is -2.14. The zero-order valence-electron chi connectivity index (χ0n) is 13.4. The lowest BCUT2D eigenvalue weighted by Gasteiger charge is -2.06. The van der Waals surface area contributed by atoms with Crippen LogP contribution in [0.3, 0.4) is 0 Å². The fourth-order valence-electron chi connectivity index (χ4n) is 2.30. The van der Waals surface area contributed by atoms with Crippen molar-refractivity contribution in [3.05, 3.63) is 66.4 Å². The molecule has 5 nitrogen and oxygen atoms in total. The monoisotopic (exact) mass is 322 g/mol. The molecule has 0 aliphatic carbocycles. The third-order valence-corrected chi connectivity index (χ3v) is 3.41. The number of ether oxygens (including phenoxy) is 1. The van der Waals surface area contributed by atoms with Gasteiger partial charge in [-0.3, -0.25) is 4.79 Å². The largest absolute Gasteiger partial charge is 0.494 e. The Morgan fingerprint density at radius 3 is 2.58 bits per heavy atom. The maximum Gasteiger partial charge on any atom is 0.230 e. The highest BCUT2D eigenvalue weighted by Gasteiger charge is 2.11. The zero-order chi connectivity index (χ0) is 16.8. The van der Waals surface area contributed by atoms with Gasteiger partial charge >= 0.3 is 0 Å². The molecule has 0 radical (unpaired) electrons. The minimum absolute atomic E-state index is 0.146. The second-order valence-electron chi connectivity index (χ2n) is 5.23. The number of hydrogen-bond donors (Lipinski definition) is 1. The van der Waals surface area contributed by atoms with Gasteiger partial charge in [-0.15, -0.1) is 0 Å². The first-order valence-corrected chi connectivity index (χ1v) is 7.78. The van der Waals surface area contributed by atoms with Crippen LogP contribution in [0.25, 0.3) is 11.3 Å². The molecule has 0 aliphatic rings. The molecule has 0 unspecified atom stereocenters. The zero-order valence-corrected chi connectivity index (χ0v) is 13.4. The van der Waals surface area contributed by atoms with Crippen molar-refractivity contribution in [2.75, 3.05) is 11.9 Å². The summed E-state index contributed by atoms with van der Waals surface area (Å²) in [4.78, 5) is 12.1. The van der Waals surface area contributed by atoms with Gasteiger partial charge in [0.15, 0.2) is 5.76 Å². The van der Waals surface area contributed by atoms with Crippen LogP contribution in [0.15, 0.2) is 65.2 Å². The Balaban J connectivity index is 1.60. The van der Waals surface area contributed by atoms with Gasteiger partial charge in [0, 0.05) is 17.3 Å². The third kappa shape index (κ3) is 4.01. The van der Waals surface area contributed by atoms with E-state index in [0.29, 0.717) is 18.1 Å². The van der Waals surface area contributed by atoms with Gasteiger partial charge in [-0.1, -0.05) is 35.5 Å². The van der Waals surface area contributed by atoms with E-state index in [4.69, 9.17) is 9.26 Å². The highest BCUT2D eigenvalue weighted by Crippen LogP contribution is 2.20. The molecule has 1 amide bonds. The van der Waals surface area contributed by atoms with Crippen molar-refractivity contribution in [1.29, 1.82) is 0 Å². The van der Waals surface area contributed by atoms with Crippen LogP contribution in [0.1, 0.15) is 12.6 Å². The SMILES string of the molecule is CCOc1ccc(NC(=O)Cc2cc(-c3ccccc3)on2)cc1. The summed E-state index contributed by atoms with van der Waals surface area (Å²) in [6, 6.07) is 18.7. The Bertz CT molecular complexity index is 795. The molecular weight excluding hydrogens is 304 g/mol. The van der Waals surface area contributed by atoms with Crippen molar-refractivity contribution in [2.24, 2.45) is 0 Å². The van der Waals surface area contributed by atoms with Crippen molar-refractivity contribution < 1.29 is 14.1 Å². The summed E-state index contributed by atoms with van der Waals surface area (Å²) in [6.07, 6.45) is 0.156. The summed E-state index contributed by atoms with van der Waals surface area (Å²) < 4.78 is 10.7. The first kappa shape index (κ1) is 15.8. The first-order valence-electron chi connectivity index (χ1n) is 7.78. The molecule has 0 aliphatic heterocycles. The van der Waals surface area contributed by atoms with Gasteiger partial charge < -0.3 is 14.6 Å². The van der Waals surface area contributed by atoms with E-state index in [2.05, 4.69) is 10.5 Å². The maximum absolute atomic E-state index is 12.1. The summed E-state index contributed by atoms with van der Waals surface area (Å²) >= 11 is 0. The molecule has 1 heterocycles. The molecule has 0 spiro atoms. The summed E-state index contributed by atoms with van der Waals surface area (Å²) in [5.41, 5.74) is 2.25. The van der Waals surface area contributed by atoms with Crippen LogP contribution in [-0.2, 0) is 11.2 Å². The van der Waals surface area contributed by atoms with Gasteiger partial charge in [0.05, 0.1) is 18.7 Å². The number of nitrogens with one attached hydrogen (secondary N) is 1. The molecule has 0 saturated heterocycles. The summed E-state index contributed by atoms with van der Waals surface area (Å²) in [6.45, 7) is 2.54. The van der Waals surface area contributed by atoms with E-state index < -0.39 is 0 Å². The van der Waals surface area contributed by atoms with Gasteiger partial charge in [-0.25, -0.2) is 0 Å². The Kier molecular flexibility index (Phi) is 4.91. The fourth-order valence-corrected chi connectivity index (χ4v) is 2.30. The predicted octanol–water partition coefficient (Wildman–Crippen LogP) is 3.92. The average molecular weight is 322 g/mol. The minimum atomic E-state index is -0.146. The summed E-state index contributed by atoms with van der Waals surface area (Å²) in [5, 5.41) is 6.79. The summed E-state index contributed by atoms with van der Waals surface area (Å²) in [5.74, 6) is 1.28. The van der Waals surface area contributed by atoms with Crippen molar-refractivity contribution in [3.63, 3.8) is 0 Å². The van der Waals surface area contributed by atoms with E-state index in [1.54, 1.807) is 18.2 Å². The van der Waals surface area contributed by atoms with Gasteiger partial charge in [0.2, 0.25) is 5.91 Å². The van der Waals surface area contributed by atoms with E-state index in [-0.39, 0.29) is 12.3 Å². The van der Waals surface area contributed by atoms with Crippen LogP contribution in [0.4, 0.5) is 5.69 Å². The minimum Gasteiger partial charge on any atom is -0.494 e. The normalized spacial score (nSPS) is 10.4. The van der Waals surface area contributed by atoms with E-state index in [0.717, 1.165) is 17.0 Å². The molecule has 2 aromatic carbocycles. The number of carbonyl (C=O) groups excluding carboxylic acids is 1. The summed E-state index contributed by atoms with van der Waals surface area (Å²) in [7, 11) is 0. The molecule has 0 saturated carbocycles. The van der Waals surface area contributed by atoms with E-state index in [9.17, 15) is 4.79 Å².